The van der Waals surface area contributed by atoms with Gasteiger partial charge in [0.2, 0.25) is 0 Å². The number of rotatable bonds is 4. The van der Waals surface area contributed by atoms with Crippen LogP contribution in [0, 0.1) is 0 Å². The third-order valence-electron chi connectivity index (χ3n) is 3.28. The van der Waals surface area contributed by atoms with Crippen LogP contribution in [0.4, 0.5) is 0 Å². The summed E-state index contributed by atoms with van der Waals surface area (Å²) in [6.45, 7) is 0.418. The summed E-state index contributed by atoms with van der Waals surface area (Å²) < 4.78 is 7.18. The van der Waals surface area contributed by atoms with Gasteiger partial charge in [0, 0.05) is 24.5 Å². The molecule has 0 N–H and O–H groups in total. The maximum absolute atomic E-state index is 12.2. The second kappa shape index (κ2) is 6.01. The minimum absolute atomic E-state index is 0.113. The van der Waals surface area contributed by atoms with Crippen LogP contribution >= 0.6 is 23.1 Å². The van der Waals surface area contributed by atoms with E-state index in [0.717, 1.165) is 23.3 Å². The van der Waals surface area contributed by atoms with E-state index >= 15 is 0 Å². The summed E-state index contributed by atoms with van der Waals surface area (Å²) in [5.41, 5.74) is 2.24. The standard InChI is InChI=1S/C14H16N2O2S2/c1-16-9-10(8-15-16)2-5-18-14(17)13-11-3-6-19-12(11)4-7-20-13/h3,6,8-9,13H,2,4-5,7H2,1H3/t13-/m0/s1. The van der Waals surface area contributed by atoms with E-state index in [1.807, 2.05) is 13.2 Å². The monoisotopic (exact) mass is 308 g/mol. The molecule has 20 heavy (non-hydrogen) atoms. The van der Waals surface area contributed by atoms with Crippen LogP contribution in [0.5, 0.6) is 0 Å². The summed E-state index contributed by atoms with van der Waals surface area (Å²) in [5, 5.41) is 6.02. The lowest BCUT2D eigenvalue weighted by Crippen LogP contribution is -2.18. The first-order valence-electron chi connectivity index (χ1n) is 6.56. The Labute approximate surface area is 126 Å². The van der Waals surface area contributed by atoms with E-state index in [2.05, 4.69) is 16.5 Å². The molecule has 4 nitrogen and oxygen atoms in total. The quantitative estimate of drug-likeness (QED) is 0.814. The zero-order valence-electron chi connectivity index (χ0n) is 11.2. The summed E-state index contributed by atoms with van der Waals surface area (Å²) in [5.74, 6) is 0.883. The Balaban J connectivity index is 1.55. The molecule has 6 heteroatoms. The number of nitrogens with zero attached hydrogens (tertiary/aromatic N) is 2. The summed E-state index contributed by atoms with van der Waals surface area (Å²) in [6.07, 6.45) is 5.53. The highest BCUT2D eigenvalue weighted by molar-refractivity contribution is 8.00. The van der Waals surface area contributed by atoms with Gasteiger partial charge >= 0.3 is 5.97 Å². The Morgan fingerprint density at radius 1 is 1.60 bits per heavy atom. The first-order valence-corrected chi connectivity index (χ1v) is 8.49. The van der Waals surface area contributed by atoms with E-state index in [1.54, 1.807) is 34.0 Å². The van der Waals surface area contributed by atoms with Gasteiger partial charge < -0.3 is 4.74 Å². The van der Waals surface area contributed by atoms with Crippen molar-refractivity contribution in [2.45, 2.75) is 18.1 Å². The highest BCUT2D eigenvalue weighted by Crippen LogP contribution is 2.39. The average molecular weight is 308 g/mol. The molecule has 0 fully saturated rings. The zero-order chi connectivity index (χ0) is 13.9. The number of thioether (sulfide) groups is 1. The van der Waals surface area contributed by atoms with Gasteiger partial charge in [-0.1, -0.05) is 0 Å². The van der Waals surface area contributed by atoms with Crippen LogP contribution in [0.15, 0.2) is 23.8 Å². The zero-order valence-corrected chi connectivity index (χ0v) is 12.9. The molecular formula is C14H16N2O2S2. The smallest absolute Gasteiger partial charge is 0.323 e. The number of aryl methyl sites for hydroxylation is 2. The van der Waals surface area contributed by atoms with Crippen molar-refractivity contribution in [1.82, 2.24) is 9.78 Å². The third-order valence-corrected chi connectivity index (χ3v) is 5.50. The van der Waals surface area contributed by atoms with Crippen molar-refractivity contribution in [2.75, 3.05) is 12.4 Å². The summed E-state index contributed by atoms with van der Waals surface area (Å²) in [7, 11) is 1.88. The number of thiophene rings is 1. The van der Waals surface area contributed by atoms with Gasteiger partial charge in [-0.05, 0) is 34.7 Å². The van der Waals surface area contributed by atoms with Crippen LogP contribution in [0.3, 0.4) is 0 Å². The van der Waals surface area contributed by atoms with Gasteiger partial charge in [-0.15, -0.1) is 23.1 Å². The molecule has 0 saturated carbocycles. The fraction of sp³-hybridized carbons (Fsp3) is 0.429. The first-order chi connectivity index (χ1) is 9.74. The molecule has 2 aromatic rings. The molecule has 1 aliphatic heterocycles. The SMILES string of the molecule is Cn1cc(CCOC(=O)[C@H]2SCCc3sccc32)cn1. The van der Waals surface area contributed by atoms with Gasteiger partial charge in [0.1, 0.15) is 5.25 Å². The summed E-state index contributed by atoms with van der Waals surface area (Å²) >= 11 is 3.42. The van der Waals surface area contributed by atoms with E-state index in [-0.39, 0.29) is 11.2 Å². The molecule has 0 radical (unpaired) electrons. The molecule has 2 aromatic heterocycles. The lowest BCUT2D eigenvalue weighted by Gasteiger charge is -2.20. The lowest BCUT2D eigenvalue weighted by molar-refractivity contribution is -0.143. The number of aromatic nitrogens is 2. The van der Waals surface area contributed by atoms with Crippen LogP contribution in [0.2, 0.25) is 0 Å². The van der Waals surface area contributed by atoms with Crippen molar-refractivity contribution in [1.29, 1.82) is 0 Å². The Morgan fingerprint density at radius 2 is 2.50 bits per heavy atom. The topological polar surface area (TPSA) is 44.1 Å². The second-order valence-corrected chi connectivity index (χ2v) is 6.95. The molecule has 0 aliphatic carbocycles. The normalized spacial score (nSPS) is 17.8. The Morgan fingerprint density at radius 3 is 3.30 bits per heavy atom. The fourth-order valence-electron chi connectivity index (χ4n) is 2.29. The Kier molecular flexibility index (Phi) is 4.12. The largest absolute Gasteiger partial charge is 0.464 e. The van der Waals surface area contributed by atoms with Crippen LogP contribution < -0.4 is 0 Å². The second-order valence-electron chi connectivity index (χ2n) is 4.74. The van der Waals surface area contributed by atoms with Gasteiger partial charge in [-0.25, -0.2) is 0 Å². The summed E-state index contributed by atoms with van der Waals surface area (Å²) in [4.78, 5) is 13.5. The van der Waals surface area contributed by atoms with Crippen molar-refractivity contribution in [3.63, 3.8) is 0 Å². The highest BCUT2D eigenvalue weighted by atomic mass is 32.2. The molecule has 0 spiro atoms. The van der Waals surface area contributed by atoms with Gasteiger partial charge in [0.05, 0.1) is 12.8 Å². The molecule has 0 bridgehead atoms. The van der Waals surface area contributed by atoms with Crippen molar-refractivity contribution in [3.05, 3.63) is 39.8 Å². The third kappa shape index (κ3) is 2.91. The number of esters is 1. The molecular weight excluding hydrogens is 292 g/mol. The van der Waals surface area contributed by atoms with Crippen LogP contribution in [-0.2, 0) is 29.4 Å². The minimum Gasteiger partial charge on any atom is -0.464 e. The Hall–Kier alpha value is -1.27. The van der Waals surface area contributed by atoms with Crippen molar-refractivity contribution >= 4 is 29.1 Å². The van der Waals surface area contributed by atoms with Crippen LogP contribution in [0.25, 0.3) is 0 Å². The van der Waals surface area contributed by atoms with Gasteiger partial charge in [0.25, 0.3) is 0 Å². The predicted octanol–water partition coefficient (Wildman–Crippen LogP) is 2.60. The maximum Gasteiger partial charge on any atom is 0.323 e. The molecule has 3 rings (SSSR count). The number of fused-ring (bicyclic) bond motifs is 1. The van der Waals surface area contributed by atoms with E-state index in [0.29, 0.717) is 13.0 Å². The number of carbonyl (C=O) groups is 1. The molecule has 0 amide bonds. The minimum atomic E-state index is -0.140. The predicted molar refractivity (Wildman–Crippen MR) is 81.1 cm³/mol. The molecule has 0 unspecified atom stereocenters. The first kappa shape index (κ1) is 13.7. The lowest BCUT2D eigenvalue weighted by atomic mass is 10.1. The van der Waals surface area contributed by atoms with Crippen molar-refractivity contribution in [2.24, 2.45) is 7.05 Å². The van der Waals surface area contributed by atoms with E-state index in [1.165, 1.54) is 4.88 Å². The highest BCUT2D eigenvalue weighted by Gasteiger charge is 2.29. The number of hydrogen-bond donors (Lipinski definition) is 0. The molecule has 1 aliphatic rings. The average Bonchev–Trinajstić information content (AvgIpc) is 3.06. The van der Waals surface area contributed by atoms with Crippen LogP contribution in [0.1, 0.15) is 21.3 Å². The van der Waals surface area contributed by atoms with Crippen molar-refractivity contribution in [3.8, 4) is 0 Å². The number of ether oxygens (including phenoxy) is 1. The number of carbonyl (C=O) groups excluding carboxylic acids is 1. The van der Waals surface area contributed by atoms with Gasteiger partial charge in [-0.2, -0.15) is 5.10 Å². The Bertz CT molecular complexity index is 606. The molecule has 0 saturated heterocycles. The molecule has 0 aromatic carbocycles. The molecule has 106 valence electrons. The number of hydrogen-bond acceptors (Lipinski definition) is 5. The fourth-order valence-corrected chi connectivity index (χ4v) is 4.57. The maximum atomic E-state index is 12.2. The summed E-state index contributed by atoms with van der Waals surface area (Å²) in [6, 6.07) is 2.05. The molecule has 1 atom stereocenters. The van der Waals surface area contributed by atoms with Gasteiger partial charge in [0.15, 0.2) is 0 Å². The van der Waals surface area contributed by atoms with Crippen LogP contribution in [-0.4, -0.2) is 28.1 Å². The van der Waals surface area contributed by atoms with Gasteiger partial charge in [-0.3, -0.25) is 9.48 Å². The molecule has 3 heterocycles. The van der Waals surface area contributed by atoms with Crippen molar-refractivity contribution < 1.29 is 9.53 Å². The van der Waals surface area contributed by atoms with E-state index < -0.39 is 0 Å². The van der Waals surface area contributed by atoms with E-state index in [9.17, 15) is 4.79 Å². The van der Waals surface area contributed by atoms with E-state index in [4.69, 9.17) is 4.74 Å².